The number of nitrogens with zero attached hydrogens (tertiary/aromatic N) is 2. The Morgan fingerprint density at radius 1 is 0.791 bits per heavy atom. The van der Waals surface area contributed by atoms with Gasteiger partial charge in [0.1, 0.15) is 0 Å². The lowest BCUT2D eigenvalue weighted by molar-refractivity contribution is -0.938. The van der Waals surface area contributed by atoms with Gasteiger partial charge in [0, 0.05) is 18.0 Å². The minimum atomic E-state index is -0.101. The third kappa shape index (κ3) is 10.4. The summed E-state index contributed by atoms with van der Waals surface area (Å²) in [5.41, 5.74) is 6.01. The average Bonchev–Trinajstić information content (AvgIpc) is 2.99. The zero-order chi connectivity index (χ0) is 31.2. The van der Waals surface area contributed by atoms with Gasteiger partial charge in [-0.1, -0.05) is 49.2 Å². The smallest absolute Gasteiger partial charge is 0.279 e. The average molecular weight is 596 g/mol. The molecule has 0 aliphatic carbocycles. The number of aliphatic hydroxyl groups is 2. The first kappa shape index (κ1) is 34.7. The highest BCUT2D eigenvalue weighted by atomic mass is 16.3. The van der Waals surface area contributed by atoms with Crippen molar-refractivity contribution < 1.29 is 24.3 Å². The quantitative estimate of drug-likeness (QED) is 0.111. The number of piperidine rings is 1. The lowest BCUT2D eigenvalue weighted by Crippen LogP contribution is -2.54. The van der Waals surface area contributed by atoms with E-state index in [0.29, 0.717) is 24.0 Å². The molecule has 2 aromatic rings. The molecule has 4 N–H and O–H groups in total. The van der Waals surface area contributed by atoms with Crippen LogP contribution < -0.4 is 10.6 Å². The van der Waals surface area contributed by atoms with E-state index >= 15 is 0 Å². The Kier molecular flexibility index (Phi) is 14.1. The van der Waals surface area contributed by atoms with Gasteiger partial charge in [-0.3, -0.25) is 19.0 Å². The molecule has 2 aromatic carbocycles. The van der Waals surface area contributed by atoms with Crippen molar-refractivity contribution in [2.24, 2.45) is 0 Å². The van der Waals surface area contributed by atoms with Gasteiger partial charge in [-0.05, 0) is 108 Å². The maximum Gasteiger partial charge on any atom is 0.279 e. The van der Waals surface area contributed by atoms with Crippen molar-refractivity contribution in [2.75, 3.05) is 56.7 Å². The summed E-state index contributed by atoms with van der Waals surface area (Å²) in [7, 11) is 0. The van der Waals surface area contributed by atoms with Crippen molar-refractivity contribution in [1.29, 1.82) is 0 Å². The van der Waals surface area contributed by atoms with Gasteiger partial charge in [0.2, 0.25) is 5.91 Å². The second-order valence-electron chi connectivity index (χ2n) is 12.6. The van der Waals surface area contributed by atoms with Crippen molar-refractivity contribution in [2.45, 2.75) is 91.5 Å². The van der Waals surface area contributed by atoms with Crippen LogP contribution in [0.25, 0.3) is 0 Å². The fourth-order valence-corrected chi connectivity index (χ4v) is 6.40. The molecule has 43 heavy (non-hydrogen) atoms. The number of likely N-dealkylation sites (tertiary alicyclic amines) is 1. The van der Waals surface area contributed by atoms with E-state index in [2.05, 4.69) is 15.5 Å². The minimum absolute atomic E-state index is 0.0895. The summed E-state index contributed by atoms with van der Waals surface area (Å²) in [6, 6.07) is 12.0. The zero-order valence-corrected chi connectivity index (χ0v) is 27.0. The highest BCUT2D eigenvalue weighted by Gasteiger charge is 2.30. The lowest BCUT2D eigenvalue weighted by atomic mass is 10.00. The van der Waals surface area contributed by atoms with E-state index in [0.717, 1.165) is 98.1 Å². The number of anilines is 2. The monoisotopic (exact) mass is 595 g/mol. The van der Waals surface area contributed by atoms with Crippen LogP contribution in [0, 0.1) is 27.7 Å². The molecular formula is C35H55N4O4+. The van der Waals surface area contributed by atoms with Crippen LogP contribution >= 0.6 is 0 Å². The predicted molar refractivity (Wildman–Crippen MR) is 175 cm³/mol. The molecule has 0 aromatic heterocycles. The van der Waals surface area contributed by atoms with Crippen LogP contribution in [0.2, 0.25) is 0 Å². The second-order valence-corrected chi connectivity index (χ2v) is 12.6. The molecule has 2 amide bonds. The molecule has 1 saturated heterocycles. The number of rotatable bonds is 17. The summed E-state index contributed by atoms with van der Waals surface area (Å²) in [4.78, 5) is 28.8. The number of carbonyl (C=O) groups excluding carboxylic acids is 2. The van der Waals surface area contributed by atoms with Crippen molar-refractivity contribution in [1.82, 2.24) is 4.90 Å². The maximum atomic E-state index is 13.3. The summed E-state index contributed by atoms with van der Waals surface area (Å²) in [5, 5.41) is 26.1. The Hall–Kier alpha value is -2.78. The van der Waals surface area contributed by atoms with E-state index in [-0.39, 0.29) is 37.7 Å². The molecule has 1 aliphatic rings. The maximum absolute atomic E-state index is 13.3. The topological polar surface area (TPSA) is 102 Å². The first-order chi connectivity index (χ1) is 20.7. The van der Waals surface area contributed by atoms with Crippen molar-refractivity contribution in [3.63, 3.8) is 0 Å². The number of aliphatic hydroxyl groups excluding tert-OH is 2. The first-order valence-electron chi connectivity index (χ1n) is 16.2. The number of carbonyl (C=O) groups is 2. The van der Waals surface area contributed by atoms with Gasteiger partial charge in [-0.15, -0.1) is 0 Å². The standard InChI is InChI=1S/C35H54N4O4/c1-27-15-13-16-28(2)33(27)36-32(42)25-39(26-41,23-11-12-24-40)22-10-6-5-8-20-38-21-9-7-19-31(38)35(43)37-34-29(3)17-14-18-30(34)4/h13-18,31,40-41H,5-12,19-26H2,1-4H3,(H-,36,37,42,43)/p+1. The van der Waals surface area contributed by atoms with Crippen molar-refractivity contribution in [3.8, 4) is 0 Å². The SMILES string of the molecule is Cc1cccc(C)c1NC(=O)C[N+](CO)(CCCCO)CCCCCCN1CCCCC1C(=O)Nc1c(C)cccc1C. The van der Waals surface area contributed by atoms with E-state index in [9.17, 15) is 19.8 Å². The second kappa shape index (κ2) is 17.5. The summed E-state index contributed by atoms with van der Waals surface area (Å²) in [5.74, 6) is 0.00920. The van der Waals surface area contributed by atoms with E-state index in [1.165, 1.54) is 0 Å². The van der Waals surface area contributed by atoms with Crippen LogP contribution in [0.15, 0.2) is 36.4 Å². The Morgan fingerprint density at radius 3 is 1.93 bits per heavy atom. The summed E-state index contributed by atoms with van der Waals surface area (Å²) in [6.45, 7) is 11.5. The van der Waals surface area contributed by atoms with Gasteiger partial charge in [-0.25, -0.2) is 0 Å². The number of amides is 2. The molecule has 3 rings (SSSR count). The number of para-hydroxylation sites is 2. The molecule has 2 unspecified atom stereocenters. The highest BCUT2D eigenvalue weighted by molar-refractivity contribution is 5.96. The molecule has 1 aliphatic heterocycles. The molecule has 8 heteroatoms. The predicted octanol–water partition coefficient (Wildman–Crippen LogP) is 5.45. The van der Waals surface area contributed by atoms with E-state index in [1.807, 2.05) is 64.1 Å². The Bertz CT molecular complexity index is 1150. The van der Waals surface area contributed by atoms with E-state index in [4.69, 9.17) is 0 Å². The third-order valence-corrected chi connectivity index (χ3v) is 9.04. The van der Waals surface area contributed by atoms with Gasteiger partial charge >= 0.3 is 0 Å². The van der Waals surface area contributed by atoms with Crippen LogP contribution in [0.4, 0.5) is 11.4 Å². The summed E-state index contributed by atoms with van der Waals surface area (Å²) >= 11 is 0. The van der Waals surface area contributed by atoms with Crippen LogP contribution in [-0.4, -0.2) is 83.5 Å². The summed E-state index contributed by atoms with van der Waals surface area (Å²) in [6.07, 6.45) is 8.49. The Labute approximate surface area is 259 Å². The van der Waals surface area contributed by atoms with Crippen molar-refractivity contribution in [3.05, 3.63) is 58.7 Å². The fraction of sp³-hybridized carbons (Fsp3) is 0.600. The van der Waals surface area contributed by atoms with Gasteiger partial charge in [0.15, 0.2) is 13.3 Å². The number of benzene rings is 2. The number of aryl methyl sites for hydroxylation is 4. The van der Waals surface area contributed by atoms with Crippen LogP contribution in [-0.2, 0) is 9.59 Å². The molecule has 2 atom stereocenters. The zero-order valence-electron chi connectivity index (χ0n) is 27.0. The number of quaternary nitrogens is 1. The Balaban J connectivity index is 1.50. The number of unbranched alkanes of at least 4 members (excludes halogenated alkanes) is 4. The Morgan fingerprint density at radius 2 is 1.35 bits per heavy atom. The number of hydrogen-bond donors (Lipinski definition) is 4. The largest absolute Gasteiger partial charge is 0.396 e. The van der Waals surface area contributed by atoms with Crippen LogP contribution in [0.1, 0.15) is 80.0 Å². The molecule has 0 bridgehead atoms. The lowest BCUT2D eigenvalue weighted by Gasteiger charge is -2.36. The number of hydrogen-bond acceptors (Lipinski definition) is 5. The van der Waals surface area contributed by atoms with Crippen molar-refractivity contribution >= 4 is 23.2 Å². The van der Waals surface area contributed by atoms with Gasteiger partial charge in [0.25, 0.3) is 5.91 Å². The van der Waals surface area contributed by atoms with E-state index in [1.54, 1.807) is 0 Å². The molecule has 0 spiro atoms. The molecular weight excluding hydrogens is 540 g/mol. The third-order valence-electron chi connectivity index (χ3n) is 9.04. The highest BCUT2D eigenvalue weighted by Crippen LogP contribution is 2.24. The molecule has 1 fully saturated rings. The molecule has 0 saturated carbocycles. The van der Waals surface area contributed by atoms with Gasteiger partial charge in [0.05, 0.1) is 19.1 Å². The molecule has 1 heterocycles. The van der Waals surface area contributed by atoms with E-state index < -0.39 is 0 Å². The van der Waals surface area contributed by atoms with Crippen LogP contribution in [0.3, 0.4) is 0 Å². The fourth-order valence-electron chi connectivity index (χ4n) is 6.40. The van der Waals surface area contributed by atoms with Crippen LogP contribution in [0.5, 0.6) is 0 Å². The first-order valence-corrected chi connectivity index (χ1v) is 16.2. The molecule has 238 valence electrons. The van der Waals surface area contributed by atoms with Gasteiger partial charge < -0.3 is 20.8 Å². The minimum Gasteiger partial charge on any atom is -0.396 e. The molecule has 0 radical (unpaired) electrons. The summed E-state index contributed by atoms with van der Waals surface area (Å²) < 4.78 is 0.309. The van der Waals surface area contributed by atoms with Gasteiger partial charge in [-0.2, -0.15) is 0 Å². The number of nitrogens with one attached hydrogen (secondary N) is 2. The molecule has 8 nitrogen and oxygen atoms in total. The normalized spacial score (nSPS) is 16.9.